The first-order valence-electron chi connectivity index (χ1n) is 5.91. The molecule has 2 heteroatoms. The predicted molar refractivity (Wildman–Crippen MR) is 63.9 cm³/mol. The molecular formula is C13H20N2. The van der Waals surface area contributed by atoms with E-state index in [0.717, 1.165) is 13.1 Å². The molecule has 1 saturated heterocycles. The van der Waals surface area contributed by atoms with Gasteiger partial charge in [0.05, 0.1) is 0 Å². The lowest BCUT2D eigenvalue weighted by Gasteiger charge is -2.33. The van der Waals surface area contributed by atoms with Crippen LogP contribution in [0.1, 0.15) is 24.9 Å². The molecule has 0 radical (unpaired) electrons. The monoisotopic (exact) mass is 204 g/mol. The zero-order valence-electron chi connectivity index (χ0n) is 9.45. The smallest absolute Gasteiger partial charge is 0.0449 e. The molecule has 0 aliphatic carbocycles. The minimum absolute atomic E-state index is 0.520. The summed E-state index contributed by atoms with van der Waals surface area (Å²) in [6, 6.07) is 11.3. The lowest BCUT2D eigenvalue weighted by atomic mass is 10.0. The molecule has 82 valence electrons. The fourth-order valence-corrected chi connectivity index (χ4v) is 2.24. The van der Waals surface area contributed by atoms with Crippen molar-refractivity contribution in [1.29, 1.82) is 0 Å². The van der Waals surface area contributed by atoms with E-state index in [-0.39, 0.29) is 0 Å². The number of rotatable bonds is 3. The molecule has 0 aromatic heterocycles. The molecule has 0 saturated carbocycles. The number of hydrogen-bond donors (Lipinski definition) is 1. The number of nitrogens with zero attached hydrogens (tertiary/aromatic N) is 1. The maximum absolute atomic E-state index is 3.58. The Bertz CT molecular complexity index is 282. The fraction of sp³-hybridized carbons (Fsp3) is 0.538. The van der Waals surface area contributed by atoms with Crippen molar-refractivity contribution in [3.05, 3.63) is 35.9 Å². The molecule has 1 heterocycles. The Morgan fingerprint density at radius 3 is 2.87 bits per heavy atom. The minimum atomic E-state index is 0.520. The Morgan fingerprint density at radius 1 is 1.33 bits per heavy atom. The molecule has 0 amide bonds. The largest absolute Gasteiger partial charge is 0.308 e. The summed E-state index contributed by atoms with van der Waals surface area (Å²) in [7, 11) is 0. The van der Waals surface area contributed by atoms with Gasteiger partial charge < -0.3 is 10.2 Å². The molecule has 2 nitrogen and oxygen atoms in total. The summed E-state index contributed by atoms with van der Waals surface area (Å²) in [5.41, 5.74) is 1.42. The summed E-state index contributed by atoms with van der Waals surface area (Å²) in [5.74, 6) is 0. The van der Waals surface area contributed by atoms with Crippen LogP contribution in [0.2, 0.25) is 0 Å². The van der Waals surface area contributed by atoms with Crippen LogP contribution in [0.15, 0.2) is 30.3 Å². The Labute approximate surface area is 92.3 Å². The van der Waals surface area contributed by atoms with Gasteiger partial charge in [-0.25, -0.2) is 0 Å². The second-order valence-corrected chi connectivity index (χ2v) is 4.22. The maximum Gasteiger partial charge on any atom is 0.0449 e. The topological polar surface area (TPSA) is 15.3 Å². The predicted octanol–water partition coefficient (Wildman–Crippen LogP) is 2.04. The first-order chi connectivity index (χ1) is 7.40. The van der Waals surface area contributed by atoms with Gasteiger partial charge >= 0.3 is 0 Å². The molecule has 1 N–H and O–H groups in total. The first kappa shape index (κ1) is 10.7. The van der Waals surface area contributed by atoms with Crippen molar-refractivity contribution in [2.75, 3.05) is 26.2 Å². The van der Waals surface area contributed by atoms with Crippen molar-refractivity contribution >= 4 is 0 Å². The van der Waals surface area contributed by atoms with Crippen molar-refractivity contribution in [2.45, 2.75) is 19.4 Å². The normalized spacial score (nSPS) is 22.9. The van der Waals surface area contributed by atoms with Gasteiger partial charge in [-0.3, -0.25) is 0 Å². The highest BCUT2D eigenvalue weighted by Crippen LogP contribution is 2.16. The van der Waals surface area contributed by atoms with Crippen LogP contribution in [-0.4, -0.2) is 31.1 Å². The highest BCUT2D eigenvalue weighted by Gasteiger charge is 2.19. The molecule has 1 atom stereocenters. The third-order valence-electron chi connectivity index (χ3n) is 3.00. The molecule has 1 aliphatic rings. The first-order valence-corrected chi connectivity index (χ1v) is 5.91. The van der Waals surface area contributed by atoms with E-state index in [9.17, 15) is 0 Å². The standard InChI is InChI=1S/C13H20N2/c1-2-9-15-10-8-14-13(11-15)12-6-4-3-5-7-12/h3-7,13-14H,2,8-11H2,1H3/t13-/m0/s1. The van der Waals surface area contributed by atoms with E-state index >= 15 is 0 Å². The van der Waals surface area contributed by atoms with Gasteiger partial charge in [-0.1, -0.05) is 37.3 Å². The Kier molecular flexibility index (Phi) is 3.75. The Hall–Kier alpha value is -0.860. The van der Waals surface area contributed by atoms with E-state index < -0.39 is 0 Å². The van der Waals surface area contributed by atoms with Gasteiger partial charge in [0.2, 0.25) is 0 Å². The Balaban J connectivity index is 1.98. The highest BCUT2D eigenvalue weighted by atomic mass is 15.2. The van der Waals surface area contributed by atoms with E-state index in [2.05, 4.69) is 47.5 Å². The van der Waals surface area contributed by atoms with E-state index in [1.165, 1.54) is 25.1 Å². The highest BCUT2D eigenvalue weighted by molar-refractivity contribution is 5.19. The molecule has 0 unspecified atom stereocenters. The molecule has 0 spiro atoms. The van der Waals surface area contributed by atoms with E-state index in [1.54, 1.807) is 0 Å². The van der Waals surface area contributed by atoms with Gasteiger partial charge in [0.15, 0.2) is 0 Å². The van der Waals surface area contributed by atoms with Crippen molar-refractivity contribution in [1.82, 2.24) is 10.2 Å². The van der Waals surface area contributed by atoms with Gasteiger partial charge in [-0.05, 0) is 18.5 Å². The fourth-order valence-electron chi connectivity index (χ4n) is 2.24. The molecule has 1 aromatic carbocycles. The van der Waals surface area contributed by atoms with Crippen LogP contribution in [0.4, 0.5) is 0 Å². The molecular weight excluding hydrogens is 184 g/mol. The number of benzene rings is 1. The van der Waals surface area contributed by atoms with Crippen LogP contribution in [0, 0.1) is 0 Å². The molecule has 0 bridgehead atoms. The van der Waals surface area contributed by atoms with Crippen LogP contribution >= 0.6 is 0 Å². The van der Waals surface area contributed by atoms with E-state index in [4.69, 9.17) is 0 Å². The van der Waals surface area contributed by atoms with Gasteiger partial charge in [0, 0.05) is 25.7 Å². The van der Waals surface area contributed by atoms with Crippen molar-refractivity contribution < 1.29 is 0 Å². The third-order valence-corrected chi connectivity index (χ3v) is 3.00. The maximum atomic E-state index is 3.58. The molecule has 1 aliphatic heterocycles. The average Bonchev–Trinajstić information content (AvgIpc) is 2.31. The lowest BCUT2D eigenvalue weighted by molar-refractivity contribution is 0.201. The summed E-state index contributed by atoms with van der Waals surface area (Å²) in [6.45, 7) is 6.93. The van der Waals surface area contributed by atoms with Crippen molar-refractivity contribution in [3.8, 4) is 0 Å². The summed E-state index contributed by atoms with van der Waals surface area (Å²) in [6.07, 6.45) is 1.25. The molecule has 1 fully saturated rings. The van der Waals surface area contributed by atoms with Gasteiger partial charge in [0.1, 0.15) is 0 Å². The molecule has 2 rings (SSSR count). The zero-order chi connectivity index (χ0) is 10.5. The quantitative estimate of drug-likeness (QED) is 0.810. The van der Waals surface area contributed by atoms with Gasteiger partial charge in [0.25, 0.3) is 0 Å². The van der Waals surface area contributed by atoms with Crippen LogP contribution in [0.5, 0.6) is 0 Å². The summed E-state index contributed by atoms with van der Waals surface area (Å²) >= 11 is 0. The van der Waals surface area contributed by atoms with Crippen molar-refractivity contribution in [3.63, 3.8) is 0 Å². The second-order valence-electron chi connectivity index (χ2n) is 4.22. The van der Waals surface area contributed by atoms with Gasteiger partial charge in [-0.2, -0.15) is 0 Å². The molecule has 1 aromatic rings. The van der Waals surface area contributed by atoms with E-state index in [1.807, 2.05) is 0 Å². The van der Waals surface area contributed by atoms with Crippen LogP contribution in [0.3, 0.4) is 0 Å². The van der Waals surface area contributed by atoms with Gasteiger partial charge in [-0.15, -0.1) is 0 Å². The molecule has 15 heavy (non-hydrogen) atoms. The minimum Gasteiger partial charge on any atom is -0.308 e. The van der Waals surface area contributed by atoms with Crippen LogP contribution < -0.4 is 5.32 Å². The van der Waals surface area contributed by atoms with E-state index in [0.29, 0.717) is 6.04 Å². The van der Waals surface area contributed by atoms with Crippen LogP contribution in [-0.2, 0) is 0 Å². The average molecular weight is 204 g/mol. The lowest BCUT2D eigenvalue weighted by Crippen LogP contribution is -2.45. The SMILES string of the molecule is CCCN1CCN[C@H](c2ccccc2)C1. The number of hydrogen-bond acceptors (Lipinski definition) is 2. The third kappa shape index (κ3) is 2.80. The summed E-state index contributed by atoms with van der Waals surface area (Å²) in [5, 5.41) is 3.58. The Morgan fingerprint density at radius 2 is 2.13 bits per heavy atom. The van der Waals surface area contributed by atoms with Crippen LogP contribution in [0.25, 0.3) is 0 Å². The summed E-state index contributed by atoms with van der Waals surface area (Å²) in [4.78, 5) is 2.55. The van der Waals surface area contributed by atoms with Crippen molar-refractivity contribution in [2.24, 2.45) is 0 Å². The second kappa shape index (κ2) is 5.29. The summed E-state index contributed by atoms with van der Waals surface area (Å²) < 4.78 is 0. The zero-order valence-corrected chi connectivity index (χ0v) is 9.45. The number of nitrogens with one attached hydrogen (secondary N) is 1. The number of piperazine rings is 1.